The molecule has 176 valence electrons. The maximum absolute atomic E-state index is 14.5. The third kappa shape index (κ3) is 4.48. The summed E-state index contributed by atoms with van der Waals surface area (Å²) in [7, 11) is 1.55. The van der Waals surface area contributed by atoms with Gasteiger partial charge in [-0.3, -0.25) is 4.90 Å². The van der Waals surface area contributed by atoms with Crippen LogP contribution in [0.4, 0.5) is 20.7 Å². The zero-order valence-corrected chi connectivity index (χ0v) is 19.6. The molecule has 2 N–H and O–H groups in total. The third-order valence-electron chi connectivity index (χ3n) is 5.74. The second kappa shape index (κ2) is 9.54. The van der Waals surface area contributed by atoms with Crippen LogP contribution in [0.25, 0.3) is 10.9 Å². The molecule has 1 amide bonds. The number of nitrogens with one attached hydrogen (secondary N) is 1. The average Bonchev–Trinajstić information content (AvgIpc) is 2.80. The minimum Gasteiger partial charge on any atom is -0.496 e. The van der Waals surface area contributed by atoms with Gasteiger partial charge in [-0.1, -0.05) is 17.7 Å². The van der Waals surface area contributed by atoms with Crippen LogP contribution in [-0.4, -0.2) is 64.7 Å². The number of benzene rings is 2. The fourth-order valence-corrected chi connectivity index (χ4v) is 4.30. The molecular formula is C22H24Cl2FN5O3. The normalized spacial score (nSPS) is 19.0. The second-order valence-electron chi connectivity index (χ2n) is 7.78. The van der Waals surface area contributed by atoms with Gasteiger partial charge in [0.1, 0.15) is 17.9 Å². The van der Waals surface area contributed by atoms with Crippen LogP contribution < -0.4 is 10.1 Å². The number of ether oxygens (including phenoxy) is 1. The maximum Gasteiger partial charge on any atom is 0.408 e. The van der Waals surface area contributed by atoms with Gasteiger partial charge in [0.15, 0.2) is 5.82 Å². The number of methoxy groups -OCH3 is 1. The van der Waals surface area contributed by atoms with Crippen molar-refractivity contribution in [2.75, 3.05) is 39.1 Å². The lowest BCUT2D eigenvalue weighted by Gasteiger charge is -2.47. The van der Waals surface area contributed by atoms with Gasteiger partial charge in [0.25, 0.3) is 0 Å². The van der Waals surface area contributed by atoms with E-state index in [2.05, 4.69) is 15.3 Å². The molecule has 0 unspecified atom stereocenters. The maximum atomic E-state index is 14.5. The van der Waals surface area contributed by atoms with Crippen molar-refractivity contribution in [2.24, 2.45) is 0 Å². The van der Waals surface area contributed by atoms with E-state index in [0.29, 0.717) is 41.1 Å². The number of hydrogen-bond acceptors (Lipinski definition) is 6. The SMILES string of the molecule is Cl.[2H]CN1CCN(C(=O)O)[C@](C)(c2cc3c(Nc4cccc(Cl)c4F)ncnc3cc2OC)C1. The molecule has 1 aliphatic rings. The van der Waals surface area contributed by atoms with Crippen molar-refractivity contribution in [3.8, 4) is 5.75 Å². The zero-order chi connectivity index (χ0) is 23.8. The summed E-state index contributed by atoms with van der Waals surface area (Å²) in [5, 5.41) is 13.4. The van der Waals surface area contributed by atoms with E-state index in [1.54, 1.807) is 31.2 Å². The molecule has 1 fully saturated rings. The molecule has 0 aliphatic carbocycles. The van der Waals surface area contributed by atoms with Crippen molar-refractivity contribution in [1.29, 1.82) is 0 Å². The van der Waals surface area contributed by atoms with Crippen molar-refractivity contribution in [1.82, 2.24) is 19.8 Å². The standard InChI is InChI=1S/C22H23ClFN5O3.ClH/c1-22(11-28(2)7-8-29(22)21(30)31)14-9-13-17(10-18(14)32-3)25-12-26-20(13)27-16-6-4-5-15(23)19(16)24;/h4-6,9-10,12H,7-8,11H2,1-3H3,(H,30,31)(H,25,26,27);1H/t22-;/m0./s1/i2D;. The van der Waals surface area contributed by atoms with Gasteiger partial charge in [-0.05, 0) is 32.1 Å². The summed E-state index contributed by atoms with van der Waals surface area (Å²) in [4.78, 5) is 23.9. The Kier molecular flexibility index (Phi) is 6.73. The minimum atomic E-state index is -1.06. The number of fused-ring (bicyclic) bond motifs is 1. The number of carbonyl (C=O) groups is 1. The summed E-state index contributed by atoms with van der Waals surface area (Å²) >= 11 is 5.91. The molecule has 33 heavy (non-hydrogen) atoms. The number of anilines is 2. The first-order chi connectivity index (χ1) is 15.8. The lowest BCUT2D eigenvalue weighted by Crippen LogP contribution is -2.59. The summed E-state index contributed by atoms with van der Waals surface area (Å²) in [5.74, 6) is 0.187. The predicted molar refractivity (Wildman–Crippen MR) is 128 cm³/mol. The van der Waals surface area contributed by atoms with E-state index in [1.165, 1.54) is 24.4 Å². The number of likely N-dealkylation sites (N-methyl/N-ethyl adjacent to an activating group) is 1. The van der Waals surface area contributed by atoms with E-state index in [0.717, 1.165) is 0 Å². The van der Waals surface area contributed by atoms with E-state index in [1.807, 2.05) is 4.90 Å². The molecule has 8 nitrogen and oxygen atoms in total. The van der Waals surface area contributed by atoms with Crippen molar-refractivity contribution in [3.63, 3.8) is 0 Å². The molecule has 1 atom stereocenters. The number of rotatable bonds is 4. The van der Waals surface area contributed by atoms with E-state index >= 15 is 0 Å². The summed E-state index contributed by atoms with van der Waals surface area (Å²) in [5.41, 5.74) is 0.284. The molecule has 0 bridgehead atoms. The quantitative estimate of drug-likeness (QED) is 0.538. The Morgan fingerprint density at radius 2 is 2.15 bits per heavy atom. The van der Waals surface area contributed by atoms with Crippen LogP contribution in [0.2, 0.25) is 5.02 Å². The molecule has 3 aromatic rings. The molecular weight excluding hydrogens is 472 g/mol. The van der Waals surface area contributed by atoms with Gasteiger partial charge in [-0.2, -0.15) is 0 Å². The van der Waals surface area contributed by atoms with Gasteiger partial charge < -0.3 is 20.1 Å². The molecule has 0 spiro atoms. The van der Waals surface area contributed by atoms with Gasteiger partial charge in [0.2, 0.25) is 0 Å². The molecule has 11 heteroatoms. The van der Waals surface area contributed by atoms with E-state index in [4.69, 9.17) is 17.7 Å². The Balaban J connectivity index is 0.00000324. The largest absolute Gasteiger partial charge is 0.496 e. The number of piperazine rings is 1. The molecule has 0 radical (unpaired) electrons. The fraction of sp³-hybridized carbons (Fsp3) is 0.318. The number of amides is 1. The highest BCUT2D eigenvalue weighted by molar-refractivity contribution is 6.31. The van der Waals surface area contributed by atoms with Crippen LogP contribution in [0.1, 0.15) is 13.9 Å². The van der Waals surface area contributed by atoms with E-state index < -0.39 is 17.4 Å². The molecule has 4 rings (SSSR count). The van der Waals surface area contributed by atoms with Gasteiger partial charge in [-0.15, -0.1) is 12.4 Å². The zero-order valence-electron chi connectivity index (χ0n) is 19.0. The topological polar surface area (TPSA) is 90.8 Å². The molecule has 2 aromatic carbocycles. The molecule has 2 heterocycles. The van der Waals surface area contributed by atoms with Crippen molar-refractivity contribution >= 4 is 52.5 Å². The number of carboxylic acid groups (broad SMARTS) is 1. The summed E-state index contributed by atoms with van der Waals surface area (Å²) in [6.45, 7) is 2.82. The lowest BCUT2D eigenvalue weighted by atomic mass is 9.86. The first kappa shape index (κ1) is 23.3. The predicted octanol–water partition coefficient (Wildman–Crippen LogP) is 4.74. The first-order valence-corrected chi connectivity index (χ1v) is 10.2. The van der Waals surface area contributed by atoms with Crippen LogP contribution in [0, 0.1) is 5.82 Å². The van der Waals surface area contributed by atoms with Gasteiger partial charge in [0.05, 0.1) is 28.9 Å². The van der Waals surface area contributed by atoms with Gasteiger partial charge in [-0.25, -0.2) is 19.2 Å². The minimum absolute atomic E-state index is 0. The van der Waals surface area contributed by atoms with Crippen molar-refractivity contribution in [2.45, 2.75) is 12.5 Å². The number of nitrogens with zero attached hydrogens (tertiary/aromatic N) is 4. The second-order valence-corrected chi connectivity index (χ2v) is 8.19. The number of aromatic nitrogens is 2. The Morgan fingerprint density at radius 1 is 1.36 bits per heavy atom. The van der Waals surface area contributed by atoms with Crippen LogP contribution in [-0.2, 0) is 5.54 Å². The van der Waals surface area contributed by atoms with Crippen LogP contribution in [0.5, 0.6) is 5.75 Å². The third-order valence-corrected chi connectivity index (χ3v) is 6.03. The molecule has 1 aliphatic heterocycles. The highest BCUT2D eigenvalue weighted by Crippen LogP contribution is 2.41. The number of halogens is 3. The van der Waals surface area contributed by atoms with Crippen LogP contribution in [0.3, 0.4) is 0 Å². The molecule has 1 aromatic heterocycles. The summed E-state index contributed by atoms with van der Waals surface area (Å²) in [6.07, 6.45) is 0.285. The Hall–Kier alpha value is -2.88. The Labute approximate surface area is 203 Å². The lowest BCUT2D eigenvalue weighted by molar-refractivity contribution is 0.0220. The summed E-state index contributed by atoms with van der Waals surface area (Å²) in [6, 6.07) is 8.08. The van der Waals surface area contributed by atoms with Gasteiger partial charge in [0, 0.05) is 38.0 Å². The van der Waals surface area contributed by atoms with Gasteiger partial charge >= 0.3 is 6.09 Å². The highest BCUT2D eigenvalue weighted by Gasteiger charge is 2.43. The fourth-order valence-electron chi connectivity index (χ4n) is 4.13. The smallest absolute Gasteiger partial charge is 0.408 e. The van der Waals surface area contributed by atoms with E-state index in [9.17, 15) is 14.3 Å². The van der Waals surface area contributed by atoms with E-state index in [-0.39, 0.29) is 36.7 Å². The molecule has 0 saturated carbocycles. The van der Waals surface area contributed by atoms with Crippen LogP contribution in [0.15, 0.2) is 36.7 Å². The van der Waals surface area contributed by atoms with Crippen LogP contribution >= 0.6 is 24.0 Å². The summed E-state index contributed by atoms with van der Waals surface area (Å²) < 4.78 is 27.9. The van der Waals surface area contributed by atoms with Crippen molar-refractivity contribution in [3.05, 3.63) is 53.1 Å². The molecule has 1 saturated heterocycles. The average molecular weight is 497 g/mol. The Morgan fingerprint density at radius 3 is 2.85 bits per heavy atom. The number of hydrogen-bond donors (Lipinski definition) is 2. The Bertz CT molecular complexity index is 1220. The monoisotopic (exact) mass is 496 g/mol. The van der Waals surface area contributed by atoms with Crippen molar-refractivity contribution < 1.29 is 20.4 Å². The first-order valence-electron chi connectivity index (χ1n) is 10.6. The highest BCUT2D eigenvalue weighted by atomic mass is 35.5.